The number of benzene rings is 1. The molecule has 1 aromatic heterocycles. The lowest BCUT2D eigenvalue weighted by atomic mass is 10.0. The molecule has 0 unspecified atom stereocenters. The second-order valence-corrected chi connectivity index (χ2v) is 7.18. The summed E-state index contributed by atoms with van der Waals surface area (Å²) in [5.41, 5.74) is -1.46. The van der Waals surface area contributed by atoms with Crippen molar-refractivity contribution in [2.75, 3.05) is 13.1 Å². The number of hydrogen-bond acceptors (Lipinski definition) is 5. The van der Waals surface area contributed by atoms with E-state index in [1.54, 1.807) is 56.0 Å². The molecule has 1 saturated heterocycles. The largest absolute Gasteiger partial charge is 0.486 e. The number of likely N-dealkylation sites (tertiary alicyclic amines) is 1. The van der Waals surface area contributed by atoms with Crippen LogP contribution in [-0.4, -0.2) is 35.6 Å². The molecule has 0 saturated carbocycles. The monoisotopic (exact) mass is 377 g/mol. The number of amides is 1. The number of nitrogens with zero attached hydrogens (tertiary/aromatic N) is 1. The number of carbonyl (C=O) groups excluding carboxylic acids is 1. The van der Waals surface area contributed by atoms with E-state index in [1.807, 2.05) is 0 Å². The second kappa shape index (κ2) is 7.03. The van der Waals surface area contributed by atoms with E-state index in [1.165, 1.54) is 6.07 Å². The molecule has 1 fully saturated rings. The first-order chi connectivity index (χ1) is 12.2. The summed E-state index contributed by atoms with van der Waals surface area (Å²) in [6.07, 6.45) is -0.161. The highest BCUT2D eigenvalue weighted by Crippen LogP contribution is 2.25. The molecule has 2 aromatic rings. The zero-order chi connectivity index (χ0) is 18.9. The molecule has 0 atom stereocenters. The SMILES string of the molecule is Cc1cc(OC2CN(C(=O)C(C)(C)Oc3ccc(Cl)cc3)C2)cc(=O)o1. The van der Waals surface area contributed by atoms with Gasteiger partial charge in [-0.1, -0.05) is 11.6 Å². The van der Waals surface area contributed by atoms with E-state index in [0.717, 1.165) is 0 Å². The Morgan fingerprint density at radius 2 is 1.85 bits per heavy atom. The Balaban J connectivity index is 1.56. The fourth-order valence-corrected chi connectivity index (χ4v) is 2.86. The third-order valence-corrected chi connectivity index (χ3v) is 4.26. The minimum Gasteiger partial charge on any atom is -0.486 e. The summed E-state index contributed by atoms with van der Waals surface area (Å²) in [6, 6.07) is 9.82. The van der Waals surface area contributed by atoms with E-state index in [0.29, 0.717) is 35.4 Å². The molecule has 1 aliphatic heterocycles. The number of hydrogen-bond donors (Lipinski definition) is 0. The molecular formula is C19H20ClNO5. The maximum Gasteiger partial charge on any atom is 0.339 e. The summed E-state index contributed by atoms with van der Waals surface area (Å²) in [5, 5.41) is 0.606. The molecular weight excluding hydrogens is 358 g/mol. The second-order valence-electron chi connectivity index (χ2n) is 6.74. The van der Waals surface area contributed by atoms with E-state index in [-0.39, 0.29) is 12.0 Å². The average molecular weight is 378 g/mol. The van der Waals surface area contributed by atoms with Gasteiger partial charge in [0.2, 0.25) is 0 Å². The van der Waals surface area contributed by atoms with Gasteiger partial charge in [0.25, 0.3) is 5.91 Å². The fourth-order valence-electron chi connectivity index (χ4n) is 2.74. The summed E-state index contributed by atoms with van der Waals surface area (Å²) in [7, 11) is 0. The Hall–Kier alpha value is -2.47. The fraction of sp³-hybridized carbons (Fsp3) is 0.368. The van der Waals surface area contributed by atoms with Gasteiger partial charge in [-0.05, 0) is 45.0 Å². The van der Waals surface area contributed by atoms with Crippen LogP contribution >= 0.6 is 11.6 Å². The normalized spacial score (nSPS) is 14.7. The molecule has 0 bridgehead atoms. The van der Waals surface area contributed by atoms with Crippen LogP contribution in [0, 0.1) is 6.92 Å². The molecule has 0 spiro atoms. The van der Waals surface area contributed by atoms with Gasteiger partial charge in [-0.2, -0.15) is 0 Å². The van der Waals surface area contributed by atoms with E-state index in [9.17, 15) is 9.59 Å². The standard InChI is InChI=1S/C19H20ClNO5/c1-12-8-15(9-17(22)24-12)25-16-10-21(11-16)18(23)19(2,3)26-14-6-4-13(20)5-7-14/h4-9,16H,10-11H2,1-3H3. The van der Waals surface area contributed by atoms with Crippen LogP contribution in [0.5, 0.6) is 11.5 Å². The van der Waals surface area contributed by atoms with Crippen LogP contribution in [0.15, 0.2) is 45.6 Å². The lowest BCUT2D eigenvalue weighted by Crippen LogP contribution is -2.61. The Morgan fingerprint density at radius 1 is 1.19 bits per heavy atom. The zero-order valence-corrected chi connectivity index (χ0v) is 15.6. The van der Waals surface area contributed by atoms with Crippen LogP contribution in [0.2, 0.25) is 5.02 Å². The number of halogens is 1. The maximum absolute atomic E-state index is 12.7. The molecule has 1 aliphatic rings. The molecule has 0 N–H and O–H groups in total. The molecule has 138 valence electrons. The first-order valence-corrected chi connectivity index (χ1v) is 8.63. The van der Waals surface area contributed by atoms with E-state index < -0.39 is 11.2 Å². The summed E-state index contributed by atoms with van der Waals surface area (Å²) < 4.78 is 16.4. The van der Waals surface area contributed by atoms with E-state index in [2.05, 4.69) is 0 Å². The van der Waals surface area contributed by atoms with Crippen molar-refractivity contribution in [3.63, 3.8) is 0 Å². The summed E-state index contributed by atoms with van der Waals surface area (Å²) >= 11 is 5.86. The number of aryl methyl sites for hydroxylation is 1. The summed E-state index contributed by atoms with van der Waals surface area (Å²) in [6.45, 7) is 6.01. The Labute approximate surface area is 156 Å². The predicted molar refractivity (Wildman–Crippen MR) is 96.9 cm³/mol. The molecule has 6 nitrogen and oxygen atoms in total. The topological polar surface area (TPSA) is 69.0 Å². The summed E-state index contributed by atoms with van der Waals surface area (Å²) in [4.78, 5) is 25.7. The highest BCUT2D eigenvalue weighted by atomic mass is 35.5. The van der Waals surface area contributed by atoms with Crippen molar-refractivity contribution >= 4 is 17.5 Å². The van der Waals surface area contributed by atoms with Crippen LogP contribution in [-0.2, 0) is 4.79 Å². The first kappa shape index (κ1) is 18.3. The highest BCUT2D eigenvalue weighted by Gasteiger charge is 2.41. The molecule has 0 aliphatic carbocycles. The van der Waals surface area contributed by atoms with Gasteiger partial charge in [0.05, 0.1) is 19.2 Å². The maximum atomic E-state index is 12.7. The Bertz CT molecular complexity index is 853. The van der Waals surface area contributed by atoms with E-state index >= 15 is 0 Å². The van der Waals surface area contributed by atoms with Gasteiger partial charge in [-0.25, -0.2) is 4.79 Å². The third kappa shape index (κ3) is 4.19. The molecule has 26 heavy (non-hydrogen) atoms. The van der Waals surface area contributed by atoms with Gasteiger partial charge in [0.1, 0.15) is 23.4 Å². The molecule has 7 heteroatoms. The van der Waals surface area contributed by atoms with Crippen LogP contribution in [0.25, 0.3) is 0 Å². The van der Waals surface area contributed by atoms with Gasteiger partial charge < -0.3 is 18.8 Å². The van der Waals surface area contributed by atoms with E-state index in [4.69, 9.17) is 25.5 Å². The van der Waals surface area contributed by atoms with Crippen LogP contribution in [0.1, 0.15) is 19.6 Å². The average Bonchev–Trinajstić information content (AvgIpc) is 2.51. The lowest BCUT2D eigenvalue weighted by molar-refractivity contribution is -0.154. The molecule has 1 amide bonds. The van der Waals surface area contributed by atoms with Gasteiger partial charge >= 0.3 is 5.63 Å². The van der Waals surface area contributed by atoms with Crippen molar-refractivity contribution < 1.29 is 18.7 Å². The van der Waals surface area contributed by atoms with Crippen molar-refractivity contribution in [1.82, 2.24) is 4.90 Å². The van der Waals surface area contributed by atoms with Crippen molar-refractivity contribution in [3.05, 3.63) is 57.6 Å². The predicted octanol–water partition coefficient (Wildman–Crippen LogP) is 3.05. The number of rotatable bonds is 5. The Kier molecular flexibility index (Phi) is 4.96. The van der Waals surface area contributed by atoms with Crippen LogP contribution < -0.4 is 15.1 Å². The number of ether oxygens (including phenoxy) is 2. The minimum absolute atomic E-state index is 0.129. The minimum atomic E-state index is -1.01. The van der Waals surface area contributed by atoms with Crippen molar-refractivity contribution in [2.24, 2.45) is 0 Å². The van der Waals surface area contributed by atoms with Gasteiger partial charge in [-0.15, -0.1) is 0 Å². The lowest BCUT2D eigenvalue weighted by Gasteiger charge is -2.42. The van der Waals surface area contributed by atoms with Crippen LogP contribution in [0.4, 0.5) is 0 Å². The highest BCUT2D eigenvalue weighted by molar-refractivity contribution is 6.30. The number of carbonyl (C=O) groups is 1. The van der Waals surface area contributed by atoms with Crippen LogP contribution in [0.3, 0.4) is 0 Å². The van der Waals surface area contributed by atoms with Gasteiger partial charge in [0.15, 0.2) is 5.60 Å². The molecule has 2 heterocycles. The quantitative estimate of drug-likeness (QED) is 0.801. The Morgan fingerprint density at radius 3 is 2.46 bits per heavy atom. The first-order valence-electron chi connectivity index (χ1n) is 8.25. The summed E-state index contributed by atoms with van der Waals surface area (Å²) in [5.74, 6) is 1.38. The molecule has 1 aromatic carbocycles. The third-order valence-electron chi connectivity index (χ3n) is 4.01. The zero-order valence-electron chi connectivity index (χ0n) is 14.8. The molecule has 3 rings (SSSR count). The van der Waals surface area contributed by atoms with Gasteiger partial charge in [0, 0.05) is 11.1 Å². The van der Waals surface area contributed by atoms with Gasteiger partial charge in [-0.3, -0.25) is 4.79 Å². The smallest absolute Gasteiger partial charge is 0.339 e. The van der Waals surface area contributed by atoms with Crippen molar-refractivity contribution in [2.45, 2.75) is 32.5 Å². The van der Waals surface area contributed by atoms with Crippen molar-refractivity contribution in [1.29, 1.82) is 0 Å². The van der Waals surface area contributed by atoms with Crippen molar-refractivity contribution in [3.8, 4) is 11.5 Å². The molecule has 0 radical (unpaired) electrons.